The number of alkyl halides is 4. The molecule has 186 valence electrons. The monoisotopic (exact) mass is 501 g/mol. The lowest BCUT2D eigenvalue weighted by atomic mass is 9.87. The molecule has 34 heavy (non-hydrogen) atoms. The summed E-state index contributed by atoms with van der Waals surface area (Å²) < 4.78 is 92.3. The van der Waals surface area contributed by atoms with Gasteiger partial charge in [-0.05, 0) is 48.9 Å². The molecule has 1 atom stereocenters. The fraction of sp³-hybridized carbons (Fsp3) is 0.500. The van der Waals surface area contributed by atoms with E-state index < -0.39 is 32.5 Å². The fourth-order valence-corrected chi connectivity index (χ4v) is 7.00. The van der Waals surface area contributed by atoms with Gasteiger partial charge in [-0.3, -0.25) is 4.90 Å². The van der Waals surface area contributed by atoms with E-state index in [2.05, 4.69) is 0 Å². The first kappa shape index (κ1) is 24.8. The van der Waals surface area contributed by atoms with Crippen molar-refractivity contribution in [3.8, 4) is 11.5 Å². The lowest BCUT2D eigenvalue weighted by molar-refractivity contribution is -0.138. The van der Waals surface area contributed by atoms with Gasteiger partial charge in [0.2, 0.25) is 0 Å². The van der Waals surface area contributed by atoms with Crippen molar-refractivity contribution >= 4 is 9.84 Å². The summed E-state index contributed by atoms with van der Waals surface area (Å²) in [5, 5.41) is -0.901. The highest BCUT2D eigenvalue weighted by atomic mass is 32.2. The van der Waals surface area contributed by atoms with E-state index in [0.29, 0.717) is 17.1 Å². The minimum Gasteiger partial charge on any atom is -0.493 e. The van der Waals surface area contributed by atoms with Crippen LogP contribution in [0.4, 0.5) is 17.6 Å². The molecular formula is C24H27F4NO4S. The van der Waals surface area contributed by atoms with E-state index in [1.54, 1.807) is 17.0 Å². The minimum absolute atomic E-state index is 0.0657. The van der Waals surface area contributed by atoms with E-state index >= 15 is 4.39 Å². The molecule has 2 aliphatic heterocycles. The number of rotatable bonds is 6. The minimum atomic E-state index is -4.45. The van der Waals surface area contributed by atoms with Crippen molar-refractivity contribution in [3.05, 3.63) is 53.1 Å². The highest BCUT2D eigenvalue weighted by Crippen LogP contribution is 2.44. The number of piperidine rings is 1. The highest BCUT2D eigenvalue weighted by molar-refractivity contribution is 7.92. The quantitative estimate of drug-likeness (QED) is 0.532. The molecule has 2 aromatic rings. The van der Waals surface area contributed by atoms with Crippen molar-refractivity contribution in [2.45, 2.75) is 54.2 Å². The smallest absolute Gasteiger partial charge is 0.416 e. The predicted molar refractivity (Wildman–Crippen MR) is 119 cm³/mol. The molecule has 2 aliphatic rings. The Labute approximate surface area is 196 Å². The Kier molecular flexibility index (Phi) is 6.58. The Bertz CT molecular complexity index is 1160. The molecule has 1 saturated heterocycles. The number of nitrogens with zero attached hydrogens (tertiary/aromatic N) is 1. The Morgan fingerprint density at radius 2 is 1.68 bits per heavy atom. The van der Waals surface area contributed by atoms with Crippen LogP contribution in [0.25, 0.3) is 0 Å². The normalized spacial score (nSPS) is 21.8. The molecule has 0 aliphatic carbocycles. The third-order valence-electron chi connectivity index (χ3n) is 6.82. The average Bonchev–Trinajstić information content (AvgIpc) is 3.02. The van der Waals surface area contributed by atoms with Gasteiger partial charge in [0.25, 0.3) is 0 Å². The summed E-state index contributed by atoms with van der Waals surface area (Å²) in [4.78, 5) is 1.93. The number of benzene rings is 2. The molecule has 2 heterocycles. The molecule has 5 nitrogen and oxygen atoms in total. The highest BCUT2D eigenvalue weighted by Gasteiger charge is 2.45. The van der Waals surface area contributed by atoms with Crippen molar-refractivity contribution in [2.24, 2.45) is 0 Å². The van der Waals surface area contributed by atoms with Crippen molar-refractivity contribution in [2.75, 3.05) is 27.3 Å². The van der Waals surface area contributed by atoms with Gasteiger partial charge < -0.3 is 9.47 Å². The van der Waals surface area contributed by atoms with Gasteiger partial charge in [0.15, 0.2) is 21.3 Å². The van der Waals surface area contributed by atoms with E-state index in [0.717, 1.165) is 6.07 Å². The van der Waals surface area contributed by atoms with Gasteiger partial charge in [-0.25, -0.2) is 12.8 Å². The Balaban J connectivity index is 1.44. The van der Waals surface area contributed by atoms with E-state index in [9.17, 15) is 21.6 Å². The molecule has 4 rings (SSSR count). The molecule has 0 saturated carbocycles. The Hall–Kier alpha value is -2.33. The van der Waals surface area contributed by atoms with E-state index in [-0.39, 0.29) is 55.8 Å². The third-order valence-corrected chi connectivity index (χ3v) is 9.03. The largest absolute Gasteiger partial charge is 0.493 e. The molecule has 0 aromatic heterocycles. The molecule has 0 radical (unpaired) electrons. The van der Waals surface area contributed by atoms with Crippen LogP contribution in [0, 0.1) is 0 Å². The fourth-order valence-electron chi connectivity index (χ4n) is 4.94. The average molecular weight is 502 g/mol. The number of ether oxygens (including phenoxy) is 2. The summed E-state index contributed by atoms with van der Waals surface area (Å²) in [6, 6.07) is 8.43. The molecule has 0 spiro atoms. The van der Waals surface area contributed by atoms with Crippen LogP contribution in [0.3, 0.4) is 0 Å². The molecule has 10 heteroatoms. The Morgan fingerprint density at radius 1 is 1.06 bits per heavy atom. The van der Waals surface area contributed by atoms with Crippen molar-refractivity contribution in [3.63, 3.8) is 0 Å². The van der Waals surface area contributed by atoms with Gasteiger partial charge in [-0.2, -0.15) is 13.2 Å². The van der Waals surface area contributed by atoms with Gasteiger partial charge in [-0.1, -0.05) is 18.2 Å². The van der Waals surface area contributed by atoms with Gasteiger partial charge >= 0.3 is 6.18 Å². The number of fused-ring (bicyclic) bond motifs is 1. The summed E-state index contributed by atoms with van der Waals surface area (Å²) in [5.74, 6) is 0.715. The lowest BCUT2D eigenvalue weighted by Crippen LogP contribution is -2.44. The molecule has 0 N–H and O–H groups in total. The van der Waals surface area contributed by atoms with Gasteiger partial charge in [0, 0.05) is 25.7 Å². The van der Waals surface area contributed by atoms with Crippen LogP contribution < -0.4 is 9.47 Å². The van der Waals surface area contributed by atoms with Crippen LogP contribution >= 0.6 is 0 Å². The number of halogens is 4. The van der Waals surface area contributed by atoms with Crippen LogP contribution in [0.2, 0.25) is 0 Å². The summed E-state index contributed by atoms with van der Waals surface area (Å²) in [6.07, 6.45) is -4.28. The second-order valence-corrected chi connectivity index (χ2v) is 11.2. The molecular weight excluding hydrogens is 474 g/mol. The molecule has 1 unspecified atom stereocenters. The van der Waals surface area contributed by atoms with Gasteiger partial charge in [0.1, 0.15) is 5.67 Å². The number of sulfone groups is 1. The number of methoxy groups -OCH3 is 2. The van der Waals surface area contributed by atoms with Crippen LogP contribution in [-0.2, 0) is 29.0 Å². The summed E-state index contributed by atoms with van der Waals surface area (Å²) >= 11 is 0. The SMILES string of the molecule is COc1cc2c(cc1OC)S(=O)(=O)C(CC1(F)CCN(Cc3ccccc3C(F)(F)F)CC1)C2. The standard InChI is InChI=1S/C24H27F4NO4S/c1-32-20-12-17-11-18(34(30,31)22(17)13-21(20)33-2)14-23(25)7-9-29(10-8-23)15-16-5-3-4-6-19(16)24(26,27)28/h3-6,12-13,18H,7-11,14-15H2,1-2H3. The maximum absolute atomic E-state index is 15.7. The van der Waals surface area contributed by atoms with Crippen LogP contribution in [-0.4, -0.2) is 51.5 Å². The van der Waals surface area contributed by atoms with Crippen molar-refractivity contribution < 1.29 is 35.5 Å². The van der Waals surface area contributed by atoms with Crippen molar-refractivity contribution in [1.29, 1.82) is 0 Å². The Morgan fingerprint density at radius 3 is 2.29 bits per heavy atom. The first-order valence-corrected chi connectivity index (χ1v) is 12.6. The van der Waals surface area contributed by atoms with Crippen LogP contribution in [0.5, 0.6) is 11.5 Å². The third kappa shape index (κ3) is 4.75. The van der Waals surface area contributed by atoms with Gasteiger partial charge in [-0.15, -0.1) is 0 Å². The number of hydrogen-bond donors (Lipinski definition) is 0. The second-order valence-electron chi connectivity index (χ2n) is 8.97. The number of likely N-dealkylation sites (tertiary alicyclic amines) is 1. The predicted octanol–water partition coefficient (Wildman–Crippen LogP) is 4.82. The summed E-state index contributed by atoms with van der Waals surface area (Å²) in [6.45, 7) is 0.576. The number of hydrogen-bond acceptors (Lipinski definition) is 5. The van der Waals surface area contributed by atoms with E-state index in [1.165, 1.54) is 32.4 Å². The first-order valence-electron chi connectivity index (χ1n) is 11.0. The zero-order valence-electron chi connectivity index (χ0n) is 19.0. The van der Waals surface area contributed by atoms with Gasteiger partial charge in [0.05, 0.1) is 29.9 Å². The summed E-state index contributed by atoms with van der Waals surface area (Å²) in [7, 11) is -0.861. The maximum Gasteiger partial charge on any atom is 0.416 e. The van der Waals surface area contributed by atoms with Crippen LogP contribution in [0.15, 0.2) is 41.3 Å². The van der Waals surface area contributed by atoms with E-state index in [1.807, 2.05) is 0 Å². The first-order chi connectivity index (χ1) is 16.0. The van der Waals surface area contributed by atoms with Crippen molar-refractivity contribution in [1.82, 2.24) is 4.90 Å². The lowest BCUT2D eigenvalue weighted by Gasteiger charge is -2.37. The van der Waals surface area contributed by atoms with Crippen LogP contribution in [0.1, 0.15) is 36.0 Å². The zero-order chi connectivity index (χ0) is 24.7. The molecule has 0 amide bonds. The maximum atomic E-state index is 15.7. The second kappa shape index (κ2) is 9.03. The molecule has 1 fully saturated rings. The topological polar surface area (TPSA) is 55.8 Å². The summed E-state index contributed by atoms with van der Waals surface area (Å²) in [5.41, 5.74) is -1.66. The molecule has 0 bridgehead atoms. The molecule has 2 aromatic carbocycles. The van der Waals surface area contributed by atoms with E-state index in [4.69, 9.17) is 9.47 Å². The zero-order valence-corrected chi connectivity index (χ0v) is 19.8.